The fourth-order valence-corrected chi connectivity index (χ4v) is 2.15. The number of hydrogen-bond donors (Lipinski definition) is 0. The summed E-state index contributed by atoms with van der Waals surface area (Å²) in [5.41, 5.74) is -0.00366. The van der Waals surface area contributed by atoms with E-state index in [4.69, 9.17) is 11.6 Å². The Morgan fingerprint density at radius 2 is 2.11 bits per heavy atom. The number of halogens is 1. The predicted octanol–water partition coefficient (Wildman–Crippen LogP) is 2.74. The molecule has 0 atom stereocenters. The molecular formula is C14H24ClN3O. The highest BCUT2D eigenvalue weighted by Crippen LogP contribution is 2.05. The molecule has 1 heterocycles. The molecule has 0 unspecified atom stereocenters. The van der Waals surface area contributed by atoms with Crippen molar-refractivity contribution >= 4 is 17.4 Å². The van der Waals surface area contributed by atoms with E-state index < -0.39 is 0 Å². The van der Waals surface area contributed by atoms with Gasteiger partial charge in [-0.25, -0.2) is 4.98 Å². The zero-order valence-electron chi connectivity index (χ0n) is 12.1. The number of hydrogen-bond acceptors (Lipinski definition) is 3. The highest BCUT2D eigenvalue weighted by Gasteiger charge is 2.10. The lowest BCUT2D eigenvalue weighted by molar-refractivity contribution is 0.508. The van der Waals surface area contributed by atoms with Crippen LogP contribution < -0.4 is 10.5 Å². The Labute approximate surface area is 120 Å². The smallest absolute Gasteiger partial charge is 0.293 e. The number of alkyl halides is 1. The molecule has 0 saturated heterocycles. The normalized spacial score (nSPS) is 11.0. The molecule has 1 aromatic heterocycles. The van der Waals surface area contributed by atoms with E-state index in [0.29, 0.717) is 17.6 Å². The first-order valence-corrected chi connectivity index (χ1v) is 7.42. The summed E-state index contributed by atoms with van der Waals surface area (Å²) >= 11 is 5.65. The van der Waals surface area contributed by atoms with E-state index in [-0.39, 0.29) is 5.56 Å². The van der Waals surface area contributed by atoms with Gasteiger partial charge in [-0.2, -0.15) is 0 Å². The van der Waals surface area contributed by atoms with Gasteiger partial charge in [-0.3, -0.25) is 4.79 Å². The molecule has 0 aromatic carbocycles. The molecule has 0 amide bonds. The van der Waals surface area contributed by atoms with Gasteiger partial charge < -0.3 is 9.47 Å². The van der Waals surface area contributed by atoms with Gasteiger partial charge in [0.1, 0.15) is 0 Å². The molecule has 0 N–H and O–H groups in total. The van der Waals surface area contributed by atoms with E-state index in [9.17, 15) is 4.79 Å². The zero-order chi connectivity index (χ0) is 14.3. The van der Waals surface area contributed by atoms with Gasteiger partial charge in [0.25, 0.3) is 5.56 Å². The maximum Gasteiger partial charge on any atom is 0.293 e. The van der Waals surface area contributed by atoms with Gasteiger partial charge in [0.2, 0.25) is 0 Å². The standard InChI is InChI=1S/C14H24ClN3O/c1-12(2)11-18-10-8-16-13(14(18)19)17(3)9-6-4-5-7-15/h8,10,12H,4-7,9,11H2,1-3H3. The van der Waals surface area contributed by atoms with Crippen molar-refractivity contribution in [2.45, 2.75) is 39.7 Å². The third kappa shape index (κ3) is 5.23. The summed E-state index contributed by atoms with van der Waals surface area (Å²) in [6.45, 7) is 5.77. The molecule has 0 spiro atoms. The van der Waals surface area contributed by atoms with E-state index in [2.05, 4.69) is 18.8 Å². The molecule has 19 heavy (non-hydrogen) atoms. The zero-order valence-corrected chi connectivity index (χ0v) is 12.9. The van der Waals surface area contributed by atoms with Gasteiger partial charge in [-0.15, -0.1) is 11.6 Å². The number of nitrogens with zero attached hydrogens (tertiary/aromatic N) is 3. The van der Waals surface area contributed by atoms with Crippen molar-refractivity contribution in [3.05, 3.63) is 22.7 Å². The van der Waals surface area contributed by atoms with Crippen LogP contribution in [0, 0.1) is 5.92 Å². The van der Waals surface area contributed by atoms with Crippen LogP contribution in [0.25, 0.3) is 0 Å². The second-order valence-corrected chi connectivity index (χ2v) is 5.65. The maximum atomic E-state index is 12.3. The molecule has 0 radical (unpaired) electrons. The molecule has 0 aliphatic carbocycles. The molecule has 0 aliphatic heterocycles. The average Bonchev–Trinajstić information content (AvgIpc) is 2.36. The van der Waals surface area contributed by atoms with Gasteiger partial charge in [-0.1, -0.05) is 20.3 Å². The van der Waals surface area contributed by atoms with Crippen molar-refractivity contribution in [2.75, 3.05) is 24.4 Å². The molecule has 0 saturated carbocycles. The number of anilines is 1. The van der Waals surface area contributed by atoms with E-state index in [1.807, 2.05) is 11.9 Å². The van der Waals surface area contributed by atoms with Crippen LogP contribution in [0.4, 0.5) is 5.82 Å². The largest absolute Gasteiger partial charge is 0.355 e. The summed E-state index contributed by atoms with van der Waals surface area (Å²) in [7, 11) is 1.92. The minimum atomic E-state index is -0.00366. The Morgan fingerprint density at radius 3 is 2.74 bits per heavy atom. The van der Waals surface area contributed by atoms with Crippen molar-refractivity contribution < 1.29 is 0 Å². The van der Waals surface area contributed by atoms with Crippen LogP contribution in [-0.2, 0) is 6.54 Å². The predicted molar refractivity (Wildman–Crippen MR) is 81.2 cm³/mol. The first-order chi connectivity index (χ1) is 9.06. The van der Waals surface area contributed by atoms with Crippen LogP contribution in [0.2, 0.25) is 0 Å². The SMILES string of the molecule is CC(C)Cn1ccnc(N(C)CCCCCCl)c1=O. The molecule has 108 valence electrons. The lowest BCUT2D eigenvalue weighted by Crippen LogP contribution is -2.32. The molecular weight excluding hydrogens is 262 g/mol. The number of unbranched alkanes of at least 4 members (excludes halogenated alkanes) is 2. The fraction of sp³-hybridized carbons (Fsp3) is 0.714. The van der Waals surface area contributed by atoms with Crippen LogP contribution in [0.15, 0.2) is 17.2 Å². The van der Waals surface area contributed by atoms with E-state index in [1.54, 1.807) is 17.0 Å². The molecule has 0 fully saturated rings. The summed E-state index contributed by atoms with van der Waals surface area (Å²) in [6, 6.07) is 0. The minimum Gasteiger partial charge on any atom is -0.355 e. The molecule has 4 nitrogen and oxygen atoms in total. The van der Waals surface area contributed by atoms with Crippen LogP contribution in [-0.4, -0.2) is 29.0 Å². The summed E-state index contributed by atoms with van der Waals surface area (Å²) in [5.74, 6) is 1.69. The maximum absolute atomic E-state index is 12.3. The molecule has 1 aromatic rings. The molecule has 5 heteroatoms. The van der Waals surface area contributed by atoms with Crippen molar-refractivity contribution in [1.82, 2.24) is 9.55 Å². The molecule has 1 rings (SSSR count). The van der Waals surface area contributed by atoms with Gasteiger partial charge in [0.05, 0.1) is 0 Å². The second-order valence-electron chi connectivity index (χ2n) is 5.27. The Balaban J connectivity index is 2.69. The van der Waals surface area contributed by atoms with Crippen LogP contribution in [0.5, 0.6) is 0 Å². The van der Waals surface area contributed by atoms with Gasteiger partial charge in [0, 0.05) is 38.4 Å². The lowest BCUT2D eigenvalue weighted by atomic mass is 10.2. The highest BCUT2D eigenvalue weighted by atomic mass is 35.5. The van der Waals surface area contributed by atoms with E-state index >= 15 is 0 Å². The second kappa shape index (κ2) is 8.20. The summed E-state index contributed by atoms with van der Waals surface area (Å²) in [5, 5.41) is 0. The van der Waals surface area contributed by atoms with E-state index in [0.717, 1.165) is 32.4 Å². The van der Waals surface area contributed by atoms with Gasteiger partial charge >= 0.3 is 0 Å². The third-order valence-corrected chi connectivity index (χ3v) is 3.21. The van der Waals surface area contributed by atoms with Crippen LogP contribution in [0.3, 0.4) is 0 Å². The monoisotopic (exact) mass is 285 g/mol. The average molecular weight is 286 g/mol. The van der Waals surface area contributed by atoms with Crippen molar-refractivity contribution in [2.24, 2.45) is 5.92 Å². The summed E-state index contributed by atoms with van der Waals surface area (Å²) < 4.78 is 1.74. The number of aromatic nitrogens is 2. The Hall–Kier alpha value is -1.03. The lowest BCUT2D eigenvalue weighted by Gasteiger charge is -2.18. The number of rotatable bonds is 8. The van der Waals surface area contributed by atoms with Crippen molar-refractivity contribution in [3.63, 3.8) is 0 Å². The highest BCUT2D eigenvalue weighted by molar-refractivity contribution is 6.17. The quantitative estimate of drug-likeness (QED) is 0.544. The third-order valence-electron chi connectivity index (χ3n) is 2.95. The topological polar surface area (TPSA) is 38.1 Å². The molecule has 0 bridgehead atoms. The van der Waals surface area contributed by atoms with E-state index in [1.165, 1.54) is 0 Å². The Kier molecular flexibility index (Phi) is 6.92. The van der Waals surface area contributed by atoms with Gasteiger partial charge in [0.15, 0.2) is 5.82 Å². The van der Waals surface area contributed by atoms with Crippen LogP contribution >= 0.6 is 11.6 Å². The van der Waals surface area contributed by atoms with Crippen molar-refractivity contribution in [3.8, 4) is 0 Å². The Morgan fingerprint density at radius 1 is 1.37 bits per heavy atom. The summed E-state index contributed by atoms with van der Waals surface area (Å²) in [4.78, 5) is 18.4. The fourth-order valence-electron chi connectivity index (χ4n) is 1.96. The molecule has 0 aliphatic rings. The first kappa shape index (κ1) is 16.0. The Bertz CT molecular complexity index is 431. The van der Waals surface area contributed by atoms with Crippen LogP contribution in [0.1, 0.15) is 33.1 Å². The van der Waals surface area contributed by atoms with Crippen molar-refractivity contribution in [1.29, 1.82) is 0 Å². The summed E-state index contributed by atoms with van der Waals surface area (Å²) in [6.07, 6.45) is 6.60. The first-order valence-electron chi connectivity index (χ1n) is 6.88. The minimum absolute atomic E-state index is 0.00366. The van der Waals surface area contributed by atoms with Gasteiger partial charge in [-0.05, 0) is 18.8 Å².